The number of nitrogens with one attached hydrogen (secondary N) is 1. The molecule has 3 atom stereocenters. The molecule has 3 heterocycles. The molecule has 1 aromatic rings. The smallest absolute Gasteiger partial charge is 0.317 e. The number of amides is 2. The summed E-state index contributed by atoms with van der Waals surface area (Å²) in [6, 6.07) is 4.01. The topological polar surface area (TPSA) is 58.0 Å². The molecular formula is C17H27N3O3. The maximum absolute atomic E-state index is 12.5. The van der Waals surface area contributed by atoms with Crippen LogP contribution in [0, 0.1) is 0 Å². The summed E-state index contributed by atoms with van der Waals surface area (Å²) in [5.41, 5.74) is 0. The number of ether oxygens (including phenoxy) is 1. The molecule has 0 aliphatic carbocycles. The van der Waals surface area contributed by atoms with Crippen molar-refractivity contribution in [2.75, 3.05) is 32.7 Å². The Morgan fingerprint density at radius 1 is 1.30 bits per heavy atom. The van der Waals surface area contributed by atoms with Gasteiger partial charge in [0.1, 0.15) is 5.76 Å². The molecule has 6 nitrogen and oxygen atoms in total. The van der Waals surface area contributed by atoms with Crippen LogP contribution in [0.25, 0.3) is 0 Å². The van der Waals surface area contributed by atoms with E-state index in [0.29, 0.717) is 19.6 Å². The molecule has 2 saturated heterocycles. The van der Waals surface area contributed by atoms with E-state index in [4.69, 9.17) is 9.15 Å². The number of likely N-dealkylation sites (tertiary alicyclic amines) is 1. The molecule has 0 spiro atoms. The van der Waals surface area contributed by atoms with E-state index >= 15 is 0 Å². The van der Waals surface area contributed by atoms with Gasteiger partial charge in [0.05, 0.1) is 24.5 Å². The highest BCUT2D eigenvalue weighted by molar-refractivity contribution is 5.74. The van der Waals surface area contributed by atoms with E-state index in [1.165, 1.54) is 12.8 Å². The molecule has 1 N–H and O–H groups in total. The first-order chi connectivity index (χ1) is 11.1. The summed E-state index contributed by atoms with van der Waals surface area (Å²) in [4.78, 5) is 16.7. The Balaban J connectivity index is 1.58. The Morgan fingerprint density at radius 3 is 2.61 bits per heavy atom. The maximum Gasteiger partial charge on any atom is 0.317 e. The molecule has 2 aliphatic heterocycles. The SMILES string of the molecule is CC1CN(C(=O)NCC(c2ccco2)N2CCCC2)CC(C)O1. The van der Waals surface area contributed by atoms with Gasteiger partial charge in [-0.05, 0) is 51.9 Å². The molecule has 128 valence electrons. The Hall–Kier alpha value is -1.53. The first-order valence-electron chi connectivity index (χ1n) is 8.59. The Labute approximate surface area is 137 Å². The first-order valence-corrected chi connectivity index (χ1v) is 8.59. The molecular weight excluding hydrogens is 294 g/mol. The predicted molar refractivity (Wildman–Crippen MR) is 87.2 cm³/mol. The predicted octanol–water partition coefficient (Wildman–Crippen LogP) is 2.24. The summed E-state index contributed by atoms with van der Waals surface area (Å²) < 4.78 is 11.3. The minimum atomic E-state index is -0.0113. The van der Waals surface area contributed by atoms with Crippen molar-refractivity contribution in [3.05, 3.63) is 24.2 Å². The highest BCUT2D eigenvalue weighted by Crippen LogP contribution is 2.25. The summed E-state index contributed by atoms with van der Waals surface area (Å²) in [5.74, 6) is 0.927. The molecule has 1 aromatic heterocycles. The highest BCUT2D eigenvalue weighted by atomic mass is 16.5. The lowest BCUT2D eigenvalue weighted by molar-refractivity contribution is -0.0546. The second kappa shape index (κ2) is 7.36. The van der Waals surface area contributed by atoms with Crippen molar-refractivity contribution in [3.63, 3.8) is 0 Å². The number of hydrogen-bond acceptors (Lipinski definition) is 4. The third kappa shape index (κ3) is 4.06. The van der Waals surface area contributed by atoms with Crippen molar-refractivity contribution in [2.45, 2.75) is 44.9 Å². The van der Waals surface area contributed by atoms with Crippen molar-refractivity contribution in [2.24, 2.45) is 0 Å². The third-order valence-electron chi connectivity index (χ3n) is 4.61. The van der Waals surface area contributed by atoms with Crippen LogP contribution in [0.3, 0.4) is 0 Å². The molecule has 0 saturated carbocycles. The molecule has 2 aliphatic rings. The number of carbonyl (C=O) groups is 1. The number of morpholine rings is 1. The van der Waals surface area contributed by atoms with E-state index in [1.807, 2.05) is 30.9 Å². The minimum Gasteiger partial charge on any atom is -0.468 e. The quantitative estimate of drug-likeness (QED) is 0.924. The number of nitrogens with zero attached hydrogens (tertiary/aromatic N) is 2. The van der Waals surface area contributed by atoms with Crippen LogP contribution in [0.2, 0.25) is 0 Å². The number of rotatable bonds is 4. The third-order valence-corrected chi connectivity index (χ3v) is 4.61. The zero-order valence-corrected chi connectivity index (χ0v) is 14.0. The van der Waals surface area contributed by atoms with Gasteiger partial charge in [0.2, 0.25) is 0 Å². The lowest BCUT2D eigenvalue weighted by Gasteiger charge is -2.36. The maximum atomic E-state index is 12.5. The molecule has 2 amide bonds. The number of urea groups is 1. The van der Waals surface area contributed by atoms with Gasteiger partial charge in [-0.3, -0.25) is 4.90 Å². The zero-order valence-electron chi connectivity index (χ0n) is 14.0. The average Bonchev–Trinajstić information content (AvgIpc) is 3.20. The summed E-state index contributed by atoms with van der Waals surface area (Å²) in [6.07, 6.45) is 4.30. The van der Waals surface area contributed by atoms with Crippen molar-refractivity contribution in [3.8, 4) is 0 Å². The van der Waals surface area contributed by atoms with Crippen LogP contribution >= 0.6 is 0 Å². The average molecular weight is 321 g/mol. The van der Waals surface area contributed by atoms with Crippen LogP contribution in [-0.4, -0.2) is 60.8 Å². The fourth-order valence-electron chi connectivity index (χ4n) is 3.58. The van der Waals surface area contributed by atoms with E-state index in [0.717, 1.165) is 18.8 Å². The summed E-state index contributed by atoms with van der Waals surface area (Å²) in [6.45, 7) is 8.00. The summed E-state index contributed by atoms with van der Waals surface area (Å²) in [5, 5.41) is 3.09. The molecule has 2 fully saturated rings. The van der Waals surface area contributed by atoms with Gasteiger partial charge in [-0.2, -0.15) is 0 Å². The van der Waals surface area contributed by atoms with Crippen LogP contribution < -0.4 is 5.32 Å². The van der Waals surface area contributed by atoms with Crippen molar-refractivity contribution >= 4 is 6.03 Å². The van der Waals surface area contributed by atoms with Gasteiger partial charge < -0.3 is 19.4 Å². The second-order valence-corrected chi connectivity index (χ2v) is 6.62. The molecule has 23 heavy (non-hydrogen) atoms. The molecule has 6 heteroatoms. The zero-order chi connectivity index (χ0) is 16.2. The van der Waals surface area contributed by atoms with Crippen molar-refractivity contribution in [1.82, 2.24) is 15.1 Å². The van der Waals surface area contributed by atoms with Crippen LogP contribution in [-0.2, 0) is 4.74 Å². The molecule has 3 rings (SSSR count). The Morgan fingerprint density at radius 2 is 2.00 bits per heavy atom. The van der Waals surface area contributed by atoms with E-state index in [2.05, 4.69) is 10.2 Å². The largest absolute Gasteiger partial charge is 0.468 e. The molecule has 3 unspecified atom stereocenters. The highest BCUT2D eigenvalue weighted by Gasteiger charge is 2.29. The van der Waals surface area contributed by atoms with Crippen LogP contribution in [0.15, 0.2) is 22.8 Å². The minimum absolute atomic E-state index is 0.0113. The lowest BCUT2D eigenvalue weighted by atomic mass is 10.2. The van der Waals surface area contributed by atoms with Gasteiger partial charge >= 0.3 is 6.03 Å². The van der Waals surface area contributed by atoms with Crippen LogP contribution in [0.4, 0.5) is 4.79 Å². The number of hydrogen-bond donors (Lipinski definition) is 1. The van der Waals surface area contributed by atoms with Gasteiger partial charge in [-0.25, -0.2) is 4.79 Å². The first kappa shape index (κ1) is 16.3. The Kier molecular flexibility index (Phi) is 5.23. The van der Waals surface area contributed by atoms with E-state index in [1.54, 1.807) is 6.26 Å². The van der Waals surface area contributed by atoms with E-state index in [-0.39, 0.29) is 24.3 Å². The van der Waals surface area contributed by atoms with Gasteiger partial charge in [-0.15, -0.1) is 0 Å². The van der Waals surface area contributed by atoms with Crippen molar-refractivity contribution in [1.29, 1.82) is 0 Å². The van der Waals surface area contributed by atoms with E-state index < -0.39 is 0 Å². The van der Waals surface area contributed by atoms with Crippen LogP contribution in [0.5, 0.6) is 0 Å². The van der Waals surface area contributed by atoms with Crippen LogP contribution in [0.1, 0.15) is 38.5 Å². The fourth-order valence-corrected chi connectivity index (χ4v) is 3.58. The molecule has 0 radical (unpaired) electrons. The van der Waals surface area contributed by atoms with Gasteiger partial charge in [-0.1, -0.05) is 0 Å². The fraction of sp³-hybridized carbons (Fsp3) is 0.706. The summed E-state index contributed by atoms with van der Waals surface area (Å²) >= 11 is 0. The normalized spacial score (nSPS) is 27.1. The lowest BCUT2D eigenvalue weighted by Crippen LogP contribution is -2.52. The number of furan rings is 1. The van der Waals surface area contributed by atoms with Gasteiger partial charge in [0, 0.05) is 19.6 Å². The second-order valence-electron chi connectivity index (χ2n) is 6.62. The van der Waals surface area contributed by atoms with Crippen molar-refractivity contribution < 1.29 is 13.9 Å². The van der Waals surface area contributed by atoms with Gasteiger partial charge in [0.15, 0.2) is 0 Å². The molecule has 0 aromatic carbocycles. The molecule has 0 bridgehead atoms. The van der Waals surface area contributed by atoms with Gasteiger partial charge in [0.25, 0.3) is 0 Å². The van der Waals surface area contributed by atoms with E-state index in [9.17, 15) is 4.79 Å². The Bertz CT molecular complexity index is 489. The standard InChI is InChI=1S/C17H27N3O3/c1-13-11-20(12-14(2)23-13)17(21)18-10-15(16-6-5-9-22-16)19-7-3-4-8-19/h5-6,9,13-15H,3-4,7-8,10-12H2,1-2H3,(H,18,21). The monoisotopic (exact) mass is 321 g/mol. The summed E-state index contributed by atoms with van der Waals surface area (Å²) in [7, 11) is 0. The number of carbonyl (C=O) groups excluding carboxylic acids is 1.